The van der Waals surface area contributed by atoms with Crippen LogP contribution in [0.25, 0.3) is 0 Å². The number of carbonyl (C=O) groups excluding carboxylic acids is 1. The van der Waals surface area contributed by atoms with Gasteiger partial charge in [-0.1, -0.05) is 24.3 Å². The zero-order valence-electron chi connectivity index (χ0n) is 11.8. The molecule has 1 aromatic carbocycles. The van der Waals surface area contributed by atoms with Crippen LogP contribution in [0.5, 0.6) is 0 Å². The minimum Gasteiger partial charge on any atom is -0.341 e. The minimum atomic E-state index is -0.750. The lowest BCUT2D eigenvalue weighted by atomic mass is 9.91. The lowest BCUT2D eigenvalue weighted by Crippen LogP contribution is -2.58. The van der Waals surface area contributed by atoms with Crippen molar-refractivity contribution in [1.82, 2.24) is 4.90 Å². The van der Waals surface area contributed by atoms with Crippen LogP contribution in [-0.4, -0.2) is 36.0 Å². The van der Waals surface area contributed by atoms with Gasteiger partial charge in [0.2, 0.25) is 5.91 Å². The molecule has 1 fully saturated rings. The Morgan fingerprint density at radius 3 is 2.55 bits per heavy atom. The van der Waals surface area contributed by atoms with Gasteiger partial charge in [0, 0.05) is 13.1 Å². The minimum absolute atomic E-state index is 0.104. The van der Waals surface area contributed by atoms with Gasteiger partial charge >= 0.3 is 0 Å². The molecule has 0 aromatic heterocycles. The molecule has 4 heteroatoms. The van der Waals surface area contributed by atoms with E-state index in [0.717, 1.165) is 25.9 Å². The summed E-state index contributed by atoms with van der Waals surface area (Å²) in [5.41, 5.74) is 13.9. The van der Waals surface area contributed by atoms with Crippen LogP contribution in [0.4, 0.5) is 0 Å². The monoisotopic (exact) mass is 273 g/mol. The molecule has 0 radical (unpaired) electrons. The van der Waals surface area contributed by atoms with E-state index in [9.17, 15) is 4.79 Å². The molecule has 0 bridgehead atoms. The SMILES string of the molecule is NC[C@H]1CCCN(C(=O)C2(N)Cc3ccccc3C2)C1. The van der Waals surface area contributed by atoms with Crippen molar-refractivity contribution in [3.05, 3.63) is 35.4 Å². The van der Waals surface area contributed by atoms with Crippen LogP contribution in [0, 0.1) is 5.92 Å². The fourth-order valence-corrected chi connectivity index (χ4v) is 3.55. The van der Waals surface area contributed by atoms with Gasteiger partial charge in [-0.15, -0.1) is 0 Å². The molecule has 3 rings (SSSR count). The van der Waals surface area contributed by atoms with E-state index in [1.807, 2.05) is 17.0 Å². The van der Waals surface area contributed by atoms with Crippen LogP contribution < -0.4 is 11.5 Å². The smallest absolute Gasteiger partial charge is 0.243 e. The molecular formula is C16H23N3O. The summed E-state index contributed by atoms with van der Waals surface area (Å²) in [6.45, 7) is 2.25. The van der Waals surface area contributed by atoms with Crippen LogP contribution in [0.2, 0.25) is 0 Å². The average molecular weight is 273 g/mol. The third kappa shape index (κ3) is 2.34. The number of nitrogens with zero attached hydrogens (tertiary/aromatic N) is 1. The molecule has 1 aromatic rings. The first kappa shape index (κ1) is 13.6. The van der Waals surface area contributed by atoms with Gasteiger partial charge in [0.25, 0.3) is 0 Å². The highest BCUT2D eigenvalue weighted by atomic mass is 16.2. The average Bonchev–Trinajstić information content (AvgIpc) is 2.84. The normalized spacial score (nSPS) is 24.5. The van der Waals surface area contributed by atoms with E-state index in [-0.39, 0.29) is 5.91 Å². The number of hydrogen-bond acceptors (Lipinski definition) is 3. The van der Waals surface area contributed by atoms with Crippen molar-refractivity contribution in [1.29, 1.82) is 0 Å². The summed E-state index contributed by atoms with van der Waals surface area (Å²) in [6.07, 6.45) is 3.48. The zero-order chi connectivity index (χ0) is 14.2. The van der Waals surface area contributed by atoms with Crippen molar-refractivity contribution in [3.8, 4) is 0 Å². The number of amides is 1. The van der Waals surface area contributed by atoms with Gasteiger partial charge in [0.15, 0.2) is 0 Å². The molecule has 1 amide bonds. The van der Waals surface area contributed by atoms with E-state index in [2.05, 4.69) is 12.1 Å². The quantitative estimate of drug-likeness (QED) is 0.832. The topological polar surface area (TPSA) is 72.3 Å². The second-order valence-corrected chi connectivity index (χ2v) is 6.27. The highest BCUT2D eigenvalue weighted by molar-refractivity contribution is 5.88. The van der Waals surface area contributed by atoms with Crippen molar-refractivity contribution >= 4 is 5.91 Å². The summed E-state index contributed by atoms with van der Waals surface area (Å²) in [7, 11) is 0. The Balaban J connectivity index is 1.75. The summed E-state index contributed by atoms with van der Waals surface area (Å²) in [6, 6.07) is 8.19. The van der Waals surface area contributed by atoms with Crippen molar-refractivity contribution in [2.45, 2.75) is 31.2 Å². The van der Waals surface area contributed by atoms with Gasteiger partial charge in [0.1, 0.15) is 5.54 Å². The number of carbonyl (C=O) groups is 1. The summed E-state index contributed by atoms with van der Waals surface area (Å²) in [5, 5.41) is 0. The fraction of sp³-hybridized carbons (Fsp3) is 0.562. The van der Waals surface area contributed by atoms with E-state index in [1.165, 1.54) is 11.1 Å². The fourth-order valence-electron chi connectivity index (χ4n) is 3.55. The molecule has 1 aliphatic carbocycles. The van der Waals surface area contributed by atoms with Gasteiger partial charge in [-0.2, -0.15) is 0 Å². The van der Waals surface area contributed by atoms with Crippen LogP contribution in [0.1, 0.15) is 24.0 Å². The molecule has 1 heterocycles. The molecule has 0 unspecified atom stereocenters. The largest absolute Gasteiger partial charge is 0.341 e. The third-order valence-electron chi connectivity index (χ3n) is 4.70. The maximum absolute atomic E-state index is 12.8. The molecule has 0 saturated carbocycles. The first-order valence-corrected chi connectivity index (χ1v) is 7.47. The second-order valence-electron chi connectivity index (χ2n) is 6.27. The Morgan fingerprint density at radius 2 is 1.95 bits per heavy atom. The Hall–Kier alpha value is -1.39. The van der Waals surface area contributed by atoms with Gasteiger partial charge < -0.3 is 16.4 Å². The number of rotatable bonds is 2. The van der Waals surface area contributed by atoms with Gasteiger partial charge in [-0.3, -0.25) is 4.79 Å². The van der Waals surface area contributed by atoms with Crippen LogP contribution >= 0.6 is 0 Å². The summed E-state index contributed by atoms with van der Waals surface area (Å²) >= 11 is 0. The third-order valence-corrected chi connectivity index (χ3v) is 4.70. The number of nitrogens with two attached hydrogens (primary N) is 2. The standard InChI is InChI=1S/C16H23N3O/c17-10-12-4-3-7-19(11-12)15(20)16(18)8-13-5-1-2-6-14(13)9-16/h1-2,5-6,12H,3-4,7-11,17-18H2/t12-/m1/s1. The predicted molar refractivity (Wildman–Crippen MR) is 79.1 cm³/mol. The lowest BCUT2D eigenvalue weighted by Gasteiger charge is -2.37. The zero-order valence-corrected chi connectivity index (χ0v) is 11.8. The van der Waals surface area contributed by atoms with Crippen LogP contribution in [0.15, 0.2) is 24.3 Å². The maximum Gasteiger partial charge on any atom is 0.243 e. The molecule has 4 nitrogen and oxygen atoms in total. The van der Waals surface area contributed by atoms with E-state index in [0.29, 0.717) is 25.3 Å². The maximum atomic E-state index is 12.8. The number of piperidine rings is 1. The van der Waals surface area contributed by atoms with E-state index >= 15 is 0 Å². The Kier molecular flexibility index (Phi) is 3.52. The van der Waals surface area contributed by atoms with Crippen molar-refractivity contribution in [2.24, 2.45) is 17.4 Å². The highest BCUT2D eigenvalue weighted by Crippen LogP contribution is 2.30. The van der Waals surface area contributed by atoms with Crippen LogP contribution in [0.3, 0.4) is 0 Å². The Morgan fingerprint density at radius 1 is 1.30 bits per heavy atom. The van der Waals surface area contributed by atoms with Crippen molar-refractivity contribution in [2.75, 3.05) is 19.6 Å². The molecule has 1 saturated heterocycles. The number of hydrogen-bond donors (Lipinski definition) is 2. The molecule has 20 heavy (non-hydrogen) atoms. The molecule has 1 atom stereocenters. The molecule has 0 spiro atoms. The number of benzene rings is 1. The summed E-state index contributed by atoms with van der Waals surface area (Å²) < 4.78 is 0. The molecule has 4 N–H and O–H groups in total. The molecule has 2 aliphatic rings. The molecular weight excluding hydrogens is 250 g/mol. The first-order valence-electron chi connectivity index (χ1n) is 7.47. The van der Waals surface area contributed by atoms with Gasteiger partial charge in [0.05, 0.1) is 0 Å². The summed E-state index contributed by atoms with van der Waals surface area (Å²) in [5.74, 6) is 0.534. The van der Waals surface area contributed by atoms with Gasteiger partial charge in [-0.05, 0) is 49.3 Å². The number of likely N-dealkylation sites (tertiary alicyclic amines) is 1. The second kappa shape index (κ2) is 5.19. The number of fused-ring (bicyclic) bond motifs is 1. The van der Waals surface area contributed by atoms with E-state index in [1.54, 1.807) is 0 Å². The van der Waals surface area contributed by atoms with Crippen molar-refractivity contribution in [3.63, 3.8) is 0 Å². The molecule has 1 aliphatic heterocycles. The highest BCUT2D eigenvalue weighted by Gasteiger charge is 2.43. The van der Waals surface area contributed by atoms with E-state index < -0.39 is 5.54 Å². The lowest BCUT2D eigenvalue weighted by molar-refractivity contribution is -0.138. The molecule has 108 valence electrons. The summed E-state index contributed by atoms with van der Waals surface area (Å²) in [4.78, 5) is 14.7. The van der Waals surface area contributed by atoms with Gasteiger partial charge in [-0.25, -0.2) is 0 Å². The predicted octanol–water partition coefficient (Wildman–Crippen LogP) is 0.680. The first-order chi connectivity index (χ1) is 9.62. The van der Waals surface area contributed by atoms with Crippen molar-refractivity contribution < 1.29 is 4.79 Å². The Labute approximate surface area is 120 Å². The Bertz CT molecular complexity index is 489. The van der Waals surface area contributed by atoms with E-state index in [4.69, 9.17) is 11.5 Å². The van der Waals surface area contributed by atoms with Crippen LogP contribution in [-0.2, 0) is 17.6 Å².